The van der Waals surface area contributed by atoms with E-state index < -0.39 is 0 Å². The Balaban J connectivity index is 1.65. The predicted molar refractivity (Wildman–Crippen MR) is 95.4 cm³/mol. The second-order valence-corrected chi connectivity index (χ2v) is 6.47. The molecule has 0 aliphatic carbocycles. The SMILES string of the molecule is CCc1ccc(Nc2ncc(C(=O)N3CCCC(C)C3)cn2)cc1. The fraction of sp³-hybridized carbons (Fsp3) is 0.421. The van der Waals surface area contributed by atoms with E-state index in [1.165, 1.54) is 12.0 Å². The molecule has 0 radical (unpaired) electrons. The number of carbonyl (C=O) groups excluding carboxylic acids is 1. The van der Waals surface area contributed by atoms with E-state index in [1.54, 1.807) is 12.4 Å². The van der Waals surface area contributed by atoms with Crippen LogP contribution in [0.25, 0.3) is 0 Å². The van der Waals surface area contributed by atoms with Crippen molar-refractivity contribution >= 4 is 17.5 Å². The van der Waals surface area contributed by atoms with Crippen LogP contribution < -0.4 is 5.32 Å². The van der Waals surface area contributed by atoms with Gasteiger partial charge in [-0.3, -0.25) is 4.79 Å². The Hall–Kier alpha value is -2.43. The van der Waals surface area contributed by atoms with Crippen LogP contribution in [-0.2, 0) is 6.42 Å². The molecule has 2 heterocycles. The van der Waals surface area contributed by atoms with Crippen molar-refractivity contribution in [2.24, 2.45) is 5.92 Å². The van der Waals surface area contributed by atoms with Crippen LogP contribution in [0.15, 0.2) is 36.7 Å². The highest BCUT2D eigenvalue weighted by Crippen LogP contribution is 2.18. The Morgan fingerprint density at radius 3 is 2.58 bits per heavy atom. The molecular weight excluding hydrogens is 300 g/mol. The molecule has 126 valence electrons. The molecule has 1 fully saturated rings. The van der Waals surface area contributed by atoms with Gasteiger partial charge < -0.3 is 10.2 Å². The van der Waals surface area contributed by atoms with Gasteiger partial charge in [0.2, 0.25) is 5.95 Å². The minimum absolute atomic E-state index is 0.0281. The largest absolute Gasteiger partial charge is 0.338 e. The van der Waals surface area contributed by atoms with E-state index in [-0.39, 0.29) is 5.91 Å². The van der Waals surface area contributed by atoms with Gasteiger partial charge in [0.25, 0.3) is 5.91 Å². The van der Waals surface area contributed by atoms with Gasteiger partial charge in [0.15, 0.2) is 0 Å². The van der Waals surface area contributed by atoms with E-state index in [1.807, 2.05) is 17.0 Å². The van der Waals surface area contributed by atoms with E-state index in [2.05, 4.69) is 41.3 Å². The first-order valence-corrected chi connectivity index (χ1v) is 8.63. The molecule has 24 heavy (non-hydrogen) atoms. The van der Waals surface area contributed by atoms with Crippen molar-refractivity contribution in [3.05, 3.63) is 47.8 Å². The monoisotopic (exact) mass is 324 g/mol. The summed E-state index contributed by atoms with van der Waals surface area (Å²) in [5.74, 6) is 1.10. The Morgan fingerprint density at radius 1 is 1.25 bits per heavy atom. The Morgan fingerprint density at radius 2 is 1.96 bits per heavy atom. The van der Waals surface area contributed by atoms with Crippen molar-refractivity contribution in [3.63, 3.8) is 0 Å². The first-order chi connectivity index (χ1) is 11.7. The molecule has 1 saturated heterocycles. The molecule has 2 aromatic rings. The number of aromatic nitrogens is 2. The van der Waals surface area contributed by atoms with Crippen LogP contribution in [0.1, 0.15) is 42.6 Å². The molecule has 1 unspecified atom stereocenters. The number of piperidine rings is 1. The molecule has 0 bridgehead atoms. The quantitative estimate of drug-likeness (QED) is 0.932. The number of anilines is 2. The third-order valence-electron chi connectivity index (χ3n) is 4.46. The summed E-state index contributed by atoms with van der Waals surface area (Å²) in [6, 6.07) is 8.18. The third kappa shape index (κ3) is 3.91. The summed E-state index contributed by atoms with van der Waals surface area (Å²) in [7, 11) is 0. The van der Waals surface area contributed by atoms with Crippen LogP contribution in [-0.4, -0.2) is 33.9 Å². The molecule has 1 amide bonds. The average Bonchev–Trinajstić information content (AvgIpc) is 2.62. The zero-order chi connectivity index (χ0) is 16.9. The lowest BCUT2D eigenvalue weighted by Gasteiger charge is -2.30. The van der Waals surface area contributed by atoms with Gasteiger partial charge in [-0.2, -0.15) is 0 Å². The Kier molecular flexibility index (Phi) is 5.08. The molecule has 1 aliphatic rings. The first kappa shape index (κ1) is 16.4. The van der Waals surface area contributed by atoms with Crippen molar-refractivity contribution in [2.45, 2.75) is 33.1 Å². The summed E-state index contributed by atoms with van der Waals surface area (Å²) >= 11 is 0. The van der Waals surface area contributed by atoms with Gasteiger partial charge in [-0.1, -0.05) is 26.0 Å². The molecule has 1 atom stereocenters. The van der Waals surface area contributed by atoms with Gasteiger partial charge in [0.1, 0.15) is 0 Å². The van der Waals surface area contributed by atoms with Crippen LogP contribution in [0, 0.1) is 5.92 Å². The molecule has 1 aliphatic heterocycles. The lowest BCUT2D eigenvalue weighted by Crippen LogP contribution is -2.39. The van der Waals surface area contributed by atoms with Gasteiger partial charge in [0, 0.05) is 31.2 Å². The van der Waals surface area contributed by atoms with Crippen molar-refractivity contribution in [1.29, 1.82) is 0 Å². The number of hydrogen-bond acceptors (Lipinski definition) is 4. The van der Waals surface area contributed by atoms with Crippen molar-refractivity contribution < 1.29 is 4.79 Å². The molecule has 0 saturated carbocycles. The van der Waals surface area contributed by atoms with Gasteiger partial charge >= 0.3 is 0 Å². The van der Waals surface area contributed by atoms with Gasteiger partial charge in [-0.15, -0.1) is 0 Å². The predicted octanol–water partition coefficient (Wildman–Crippen LogP) is 3.65. The van der Waals surface area contributed by atoms with Gasteiger partial charge in [0.05, 0.1) is 5.56 Å². The summed E-state index contributed by atoms with van der Waals surface area (Å²) in [5, 5.41) is 3.16. The molecule has 5 heteroatoms. The van der Waals surface area contributed by atoms with Crippen LogP contribution in [0.5, 0.6) is 0 Å². The number of amides is 1. The number of aryl methyl sites for hydroxylation is 1. The van der Waals surface area contributed by atoms with Crippen LogP contribution in [0.2, 0.25) is 0 Å². The normalized spacial score (nSPS) is 17.6. The van der Waals surface area contributed by atoms with Crippen molar-refractivity contribution in [1.82, 2.24) is 14.9 Å². The number of benzene rings is 1. The number of nitrogens with zero attached hydrogens (tertiary/aromatic N) is 3. The number of nitrogens with one attached hydrogen (secondary N) is 1. The second-order valence-electron chi connectivity index (χ2n) is 6.47. The lowest BCUT2D eigenvalue weighted by atomic mass is 10.00. The third-order valence-corrected chi connectivity index (χ3v) is 4.46. The van der Waals surface area contributed by atoms with E-state index in [0.717, 1.165) is 31.6 Å². The Labute approximate surface area is 143 Å². The molecule has 1 aromatic carbocycles. The van der Waals surface area contributed by atoms with Crippen LogP contribution >= 0.6 is 0 Å². The molecule has 1 aromatic heterocycles. The van der Waals surface area contributed by atoms with Gasteiger partial charge in [-0.25, -0.2) is 9.97 Å². The van der Waals surface area contributed by atoms with Crippen LogP contribution in [0.4, 0.5) is 11.6 Å². The summed E-state index contributed by atoms with van der Waals surface area (Å²) in [6.07, 6.45) is 6.50. The summed E-state index contributed by atoms with van der Waals surface area (Å²) in [6.45, 7) is 5.96. The molecule has 1 N–H and O–H groups in total. The lowest BCUT2D eigenvalue weighted by molar-refractivity contribution is 0.0682. The van der Waals surface area contributed by atoms with E-state index in [9.17, 15) is 4.79 Å². The van der Waals surface area contributed by atoms with Crippen molar-refractivity contribution in [3.8, 4) is 0 Å². The smallest absolute Gasteiger partial charge is 0.257 e. The maximum Gasteiger partial charge on any atom is 0.257 e. The average molecular weight is 324 g/mol. The van der Waals surface area contributed by atoms with Crippen molar-refractivity contribution in [2.75, 3.05) is 18.4 Å². The standard InChI is InChI=1S/C19H24N4O/c1-3-15-6-8-17(9-7-15)22-19-20-11-16(12-21-19)18(24)23-10-4-5-14(2)13-23/h6-9,11-12,14H,3-5,10,13H2,1-2H3,(H,20,21,22). The maximum atomic E-state index is 12.5. The van der Waals surface area contributed by atoms with Gasteiger partial charge in [-0.05, 0) is 42.9 Å². The zero-order valence-corrected chi connectivity index (χ0v) is 14.3. The highest BCUT2D eigenvalue weighted by molar-refractivity contribution is 5.93. The number of rotatable bonds is 4. The molecule has 0 spiro atoms. The second kappa shape index (κ2) is 7.43. The zero-order valence-electron chi connectivity index (χ0n) is 14.3. The highest BCUT2D eigenvalue weighted by atomic mass is 16.2. The summed E-state index contributed by atoms with van der Waals surface area (Å²) < 4.78 is 0. The topological polar surface area (TPSA) is 58.1 Å². The fourth-order valence-electron chi connectivity index (χ4n) is 3.01. The van der Waals surface area contributed by atoms with E-state index in [0.29, 0.717) is 17.4 Å². The number of carbonyl (C=O) groups is 1. The Bertz CT molecular complexity index is 682. The first-order valence-electron chi connectivity index (χ1n) is 8.63. The summed E-state index contributed by atoms with van der Waals surface area (Å²) in [4.78, 5) is 23.0. The minimum Gasteiger partial charge on any atom is -0.338 e. The van der Waals surface area contributed by atoms with E-state index in [4.69, 9.17) is 0 Å². The molecule has 3 rings (SSSR count). The van der Waals surface area contributed by atoms with Crippen LogP contribution in [0.3, 0.4) is 0 Å². The van der Waals surface area contributed by atoms with E-state index >= 15 is 0 Å². The number of hydrogen-bond donors (Lipinski definition) is 1. The summed E-state index contributed by atoms with van der Waals surface area (Å²) in [5.41, 5.74) is 2.78. The molecular formula is C19H24N4O. The number of likely N-dealkylation sites (tertiary alicyclic amines) is 1. The highest BCUT2D eigenvalue weighted by Gasteiger charge is 2.22. The molecule has 5 nitrogen and oxygen atoms in total. The minimum atomic E-state index is 0.0281. The fourth-order valence-corrected chi connectivity index (χ4v) is 3.01. The maximum absolute atomic E-state index is 12.5.